The lowest BCUT2D eigenvalue weighted by Crippen LogP contribution is -2.10. The van der Waals surface area contributed by atoms with Crippen LogP contribution in [0.1, 0.15) is 31.0 Å². The summed E-state index contributed by atoms with van der Waals surface area (Å²) >= 11 is 3.25. The van der Waals surface area contributed by atoms with E-state index in [1.54, 1.807) is 0 Å². The van der Waals surface area contributed by atoms with Crippen molar-refractivity contribution in [2.75, 3.05) is 12.0 Å². The highest BCUT2D eigenvalue weighted by molar-refractivity contribution is 7.99. The zero-order valence-electron chi connectivity index (χ0n) is 10.6. The first-order valence-electron chi connectivity index (χ1n) is 6.03. The van der Waals surface area contributed by atoms with E-state index in [2.05, 4.69) is 15.8 Å². The van der Waals surface area contributed by atoms with Crippen LogP contribution in [0.4, 0.5) is 0 Å². The van der Waals surface area contributed by atoms with E-state index in [0.29, 0.717) is 6.04 Å². The highest BCUT2D eigenvalue weighted by atomic mass is 32.2. The molecule has 0 aliphatic heterocycles. The summed E-state index contributed by atoms with van der Waals surface area (Å²) in [5.41, 5.74) is 1.13. The first-order chi connectivity index (χ1) is 8.61. The van der Waals surface area contributed by atoms with Crippen molar-refractivity contribution in [1.29, 1.82) is 0 Å². The molecule has 1 aliphatic carbocycles. The van der Waals surface area contributed by atoms with E-state index in [4.69, 9.17) is 5.11 Å². The minimum Gasteiger partial charge on any atom is -0.481 e. The van der Waals surface area contributed by atoms with Gasteiger partial charge in [0.15, 0.2) is 5.16 Å². The Morgan fingerprint density at radius 2 is 2.39 bits per heavy atom. The van der Waals surface area contributed by atoms with Gasteiger partial charge in [-0.25, -0.2) is 4.98 Å². The smallest absolute Gasteiger partial charge is 0.313 e. The van der Waals surface area contributed by atoms with Gasteiger partial charge >= 0.3 is 5.97 Å². The van der Waals surface area contributed by atoms with Crippen LogP contribution in [0.3, 0.4) is 0 Å². The summed E-state index contributed by atoms with van der Waals surface area (Å²) in [6.45, 7) is 2.05. The molecular formula is C12H18N2O2S2. The third-order valence-electron chi connectivity index (χ3n) is 3.33. The van der Waals surface area contributed by atoms with Crippen LogP contribution in [-0.4, -0.2) is 37.9 Å². The van der Waals surface area contributed by atoms with E-state index >= 15 is 0 Å². The maximum atomic E-state index is 10.6. The predicted octanol–water partition coefficient (Wildman–Crippen LogP) is 2.82. The Labute approximate surface area is 116 Å². The van der Waals surface area contributed by atoms with Gasteiger partial charge in [-0.05, 0) is 32.4 Å². The number of aliphatic carboxylic acids is 1. The van der Waals surface area contributed by atoms with Gasteiger partial charge in [0.2, 0.25) is 0 Å². The average molecular weight is 286 g/mol. The van der Waals surface area contributed by atoms with Gasteiger partial charge in [-0.15, -0.1) is 0 Å². The number of imidazole rings is 1. The van der Waals surface area contributed by atoms with Crippen molar-refractivity contribution in [3.8, 4) is 0 Å². The third-order valence-corrected chi connectivity index (χ3v) is 5.37. The summed E-state index contributed by atoms with van der Waals surface area (Å²) in [5, 5.41) is 10.3. The summed E-state index contributed by atoms with van der Waals surface area (Å²) in [6, 6.07) is 0.487. The van der Waals surface area contributed by atoms with Crippen LogP contribution < -0.4 is 0 Å². The molecule has 1 aromatic rings. The van der Waals surface area contributed by atoms with Crippen molar-refractivity contribution in [2.45, 2.75) is 42.6 Å². The molecule has 0 radical (unpaired) electrons. The minimum absolute atomic E-state index is 0.0785. The van der Waals surface area contributed by atoms with Gasteiger partial charge in [-0.3, -0.25) is 4.79 Å². The Balaban J connectivity index is 2.11. The van der Waals surface area contributed by atoms with Crippen molar-refractivity contribution in [2.24, 2.45) is 0 Å². The molecule has 1 aliphatic rings. The highest BCUT2D eigenvalue weighted by Gasteiger charge is 2.27. The molecule has 0 bridgehead atoms. The predicted molar refractivity (Wildman–Crippen MR) is 75.5 cm³/mol. The first kappa shape index (κ1) is 13.8. The maximum Gasteiger partial charge on any atom is 0.313 e. The summed E-state index contributed by atoms with van der Waals surface area (Å²) in [6.07, 6.45) is 7.58. The molecule has 1 N–H and O–H groups in total. The fourth-order valence-corrected chi connectivity index (χ4v) is 4.07. The number of carboxylic acids is 1. The summed E-state index contributed by atoms with van der Waals surface area (Å²) < 4.78 is 2.23. The number of hydrogen-bond donors (Lipinski definition) is 1. The number of rotatable bonds is 5. The molecule has 2 atom stereocenters. The van der Waals surface area contributed by atoms with Crippen molar-refractivity contribution < 1.29 is 9.90 Å². The lowest BCUT2D eigenvalue weighted by atomic mass is 10.2. The fourth-order valence-electron chi connectivity index (χ4n) is 2.47. The minimum atomic E-state index is -0.791. The Hall–Kier alpha value is -0.620. The van der Waals surface area contributed by atoms with Crippen LogP contribution in [-0.2, 0) is 4.79 Å². The molecule has 0 aromatic carbocycles. The molecule has 0 saturated heterocycles. The van der Waals surface area contributed by atoms with Crippen LogP contribution in [0.5, 0.6) is 0 Å². The molecule has 100 valence electrons. The second-order valence-electron chi connectivity index (χ2n) is 4.56. The van der Waals surface area contributed by atoms with E-state index < -0.39 is 5.97 Å². The molecule has 4 nitrogen and oxygen atoms in total. The average Bonchev–Trinajstić information content (AvgIpc) is 2.92. The van der Waals surface area contributed by atoms with Gasteiger partial charge in [0.1, 0.15) is 0 Å². The highest BCUT2D eigenvalue weighted by Crippen LogP contribution is 2.38. The Kier molecular flexibility index (Phi) is 4.61. The van der Waals surface area contributed by atoms with Gasteiger partial charge in [0.05, 0.1) is 5.75 Å². The SMILES string of the molecule is CSC1CCC(n2c(C)cnc2SCC(=O)O)C1. The second kappa shape index (κ2) is 6.02. The van der Waals surface area contributed by atoms with Crippen molar-refractivity contribution in [3.63, 3.8) is 0 Å². The lowest BCUT2D eigenvalue weighted by molar-refractivity contribution is -0.133. The molecule has 1 fully saturated rings. The standard InChI is InChI=1S/C12H18N2O2S2/c1-8-6-13-12(18-7-11(15)16)14(8)9-3-4-10(5-9)17-2/h6,9-10H,3-5,7H2,1-2H3,(H,15,16). The number of carboxylic acid groups (broad SMARTS) is 1. The van der Waals surface area contributed by atoms with E-state index in [9.17, 15) is 4.79 Å². The topological polar surface area (TPSA) is 55.1 Å². The fraction of sp³-hybridized carbons (Fsp3) is 0.667. The number of thioether (sulfide) groups is 2. The molecule has 6 heteroatoms. The second-order valence-corrected chi connectivity index (χ2v) is 6.64. The molecule has 1 heterocycles. The van der Waals surface area contributed by atoms with E-state index in [1.165, 1.54) is 31.0 Å². The summed E-state index contributed by atoms with van der Waals surface area (Å²) in [7, 11) is 0. The van der Waals surface area contributed by atoms with Gasteiger partial charge in [0, 0.05) is 23.2 Å². The van der Waals surface area contributed by atoms with E-state index in [-0.39, 0.29) is 5.75 Å². The first-order valence-corrected chi connectivity index (χ1v) is 8.30. The van der Waals surface area contributed by atoms with Crippen molar-refractivity contribution in [1.82, 2.24) is 9.55 Å². The van der Waals surface area contributed by atoms with Crippen molar-refractivity contribution >= 4 is 29.5 Å². The Morgan fingerprint density at radius 3 is 3.00 bits per heavy atom. The van der Waals surface area contributed by atoms with Crippen molar-refractivity contribution in [3.05, 3.63) is 11.9 Å². The van der Waals surface area contributed by atoms with E-state index in [0.717, 1.165) is 16.1 Å². The molecule has 1 saturated carbocycles. The van der Waals surface area contributed by atoms with Crippen LogP contribution in [0.2, 0.25) is 0 Å². The Bertz CT molecular complexity index is 434. The number of hydrogen-bond acceptors (Lipinski definition) is 4. The number of aryl methyl sites for hydroxylation is 1. The quantitative estimate of drug-likeness (QED) is 0.844. The third kappa shape index (κ3) is 3.03. The van der Waals surface area contributed by atoms with Gasteiger partial charge in [-0.1, -0.05) is 11.8 Å². The van der Waals surface area contributed by atoms with Crippen LogP contribution in [0.15, 0.2) is 11.4 Å². The maximum absolute atomic E-state index is 10.6. The van der Waals surface area contributed by atoms with Gasteiger partial charge < -0.3 is 9.67 Å². The van der Waals surface area contributed by atoms with Crippen LogP contribution in [0, 0.1) is 6.92 Å². The Morgan fingerprint density at radius 1 is 1.61 bits per heavy atom. The lowest BCUT2D eigenvalue weighted by Gasteiger charge is -2.17. The number of aromatic nitrogens is 2. The molecule has 0 amide bonds. The molecule has 2 unspecified atom stereocenters. The zero-order chi connectivity index (χ0) is 13.1. The zero-order valence-corrected chi connectivity index (χ0v) is 12.3. The van der Waals surface area contributed by atoms with Crippen LogP contribution >= 0.6 is 23.5 Å². The van der Waals surface area contributed by atoms with E-state index in [1.807, 2.05) is 24.9 Å². The summed E-state index contributed by atoms with van der Waals surface area (Å²) in [4.78, 5) is 15.0. The molecule has 18 heavy (non-hydrogen) atoms. The summed E-state index contributed by atoms with van der Waals surface area (Å²) in [5.74, 6) is -0.713. The van der Waals surface area contributed by atoms with Crippen LogP contribution in [0.25, 0.3) is 0 Å². The largest absolute Gasteiger partial charge is 0.481 e. The molecule has 2 rings (SSSR count). The molecular weight excluding hydrogens is 268 g/mol. The number of nitrogens with zero attached hydrogens (tertiary/aromatic N) is 2. The molecule has 0 spiro atoms. The van der Waals surface area contributed by atoms with Gasteiger partial charge in [0.25, 0.3) is 0 Å². The number of carbonyl (C=O) groups is 1. The monoisotopic (exact) mass is 286 g/mol. The molecule has 1 aromatic heterocycles. The van der Waals surface area contributed by atoms with Gasteiger partial charge in [-0.2, -0.15) is 11.8 Å². The normalized spacial score (nSPS) is 23.4.